The van der Waals surface area contributed by atoms with Crippen LogP contribution in [0.15, 0.2) is 29.2 Å². The number of nitrogens with zero attached hydrogens (tertiary/aromatic N) is 2. The lowest BCUT2D eigenvalue weighted by molar-refractivity contribution is 0.143. The fourth-order valence-corrected chi connectivity index (χ4v) is 4.05. The van der Waals surface area contributed by atoms with Crippen LogP contribution in [0.5, 0.6) is 11.8 Å². The van der Waals surface area contributed by atoms with Crippen LogP contribution in [-0.4, -0.2) is 22.3 Å². The molecular weight excluding hydrogens is 328 g/mol. The zero-order valence-electron chi connectivity index (χ0n) is 15.7. The molecule has 0 bridgehead atoms. The Morgan fingerprint density at radius 3 is 3.04 bits per heavy atom. The lowest BCUT2D eigenvalue weighted by atomic mass is 9.73. The first-order valence-electron chi connectivity index (χ1n) is 9.49. The van der Waals surface area contributed by atoms with Crippen LogP contribution < -0.4 is 15.0 Å². The van der Waals surface area contributed by atoms with Crippen LogP contribution in [0.3, 0.4) is 0 Å². The molecule has 4 rings (SSSR count). The fourth-order valence-electron chi connectivity index (χ4n) is 4.05. The number of fused-ring (bicyclic) bond motifs is 2. The standard InChI is InChI=1S/C21H26N2O3/c1-4-14-11-23-12-17(26-20(23)22-19(14)24)13-25-16-7-8-18-15(10-16)6-5-9-21(18,2)3/h7-8,10-11,17H,4-6,9,12-13H2,1-3H3/t17-/m0/s1. The van der Waals surface area contributed by atoms with Gasteiger partial charge in [0.2, 0.25) is 0 Å². The Labute approximate surface area is 154 Å². The average molecular weight is 354 g/mol. The quantitative estimate of drug-likeness (QED) is 0.846. The zero-order chi connectivity index (χ0) is 18.3. The Hall–Kier alpha value is -2.30. The summed E-state index contributed by atoms with van der Waals surface area (Å²) in [6.07, 6.45) is 5.99. The molecule has 0 saturated heterocycles. The lowest BCUT2D eigenvalue weighted by Gasteiger charge is -2.32. The summed E-state index contributed by atoms with van der Waals surface area (Å²) in [5.41, 5.74) is 3.61. The molecule has 2 heterocycles. The van der Waals surface area contributed by atoms with Gasteiger partial charge in [-0.15, -0.1) is 0 Å². The zero-order valence-corrected chi connectivity index (χ0v) is 15.7. The van der Waals surface area contributed by atoms with E-state index in [4.69, 9.17) is 9.47 Å². The molecule has 1 aromatic carbocycles. The molecule has 1 aliphatic carbocycles. The molecule has 1 aromatic heterocycles. The van der Waals surface area contributed by atoms with Gasteiger partial charge >= 0.3 is 0 Å². The van der Waals surface area contributed by atoms with Crippen molar-refractivity contribution >= 4 is 0 Å². The Morgan fingerprint density at radius 2 is 2.23 bits per heavy atom. The van der Waals surface area contributed by atoms with E-state index in [0.717, 1.165) is 17.7 Å². The van der Waals surface area contributed by atoms with Crippen LogP contribution >= 0.6 is 0 Å². The molecule has 0 saturated carbocycles. The van der Waals surface area contributed by atoms with E-state index in [0.29, 0.717) is 25.6 Å². The molecule has 0 unspecified atom stereocenters. The van der Waals surface area contributed by atoms with Gasteiger partial charge in [0.15, 0.2) is 6.10 Å². The van der Waals surface area contributed by atoms with Gasteiger partial charge in [0.05, 0.1) is 6.54 Å². The number of aromatic nitrogens is 2. The molecule has 0 N–H and O–H groups in total. The molecule has 2 aromatic rings. The fraction of sp³-hybridized carbons (Fsp3) is 0.524. The van der Waals surface area contributed by atoms with Gasteiger partial charge in [0, 0.05) is 11.8 Å². The van der Waals surface area contributed by atoms with Gasteiger partial charge in [0.1, 0.15) is 12.4 Å². The van der Waals surface area contributed by atoms with E-state index < -0.39 is 0 Å². The van der Waals surface area contributed by atoms with Crippen molar-refractivity contribution in [3.05, 3.63) is 51.4 Å². The smallest absolute Gasteiger partial charge is 0.300 e. The average Bonchev–Trinajstić information content (AvgIpc) is 3.00. The summed E-state index contributed by atoms with van der Waals surface area (Å²) in [5.74, 6) is 0.887. The van der Waals surface area contributed by atoms with Gasteiger partial charge in [-0.2, -0.15) is 4.98 Å². The van der Waals surface area contributed by atoms with Crippen LogP contribution in [0.2, 0.25) is 0 Å². The van der Waals surface area contributed by atoms with E-state index in [2.05, 4.69) is 37.0 Å². The molecular formula is C21H26N2O3. The summed E-state index contributed by atoms with van der Waals surface area (Å²) < 4.78 is 13.7. The van der Waals surface area contributed by atoms with E-state index in [1.165, 1.54) is 24.0 Å². The first kappa shape index (κ1) is 17.1. The minimum Gasteiger partial charge on any atom is -0.490 e. The van der Waals surface area contributed by atoms with E-state index in [9.17, 15) is 4.79 Å². The molecule has 138 valence electrons. The molecule has 0 spiro atoms. The summed E-state index contributed by atoms with van der Waals surface area (Å²) in [6.45, 7) is 7.69. The molecule has 0 fully saturated rings. The van der Waals surface area contributed by atoms with Crippen LogP contribution in [0.25, 0.3) is 0 Å². The van der Waals surface area contributed by atoms with Gasteiger partial charge in [-0.05, 0) is 54.4 Å². The van der Waals surface area contributed by atoms with Crippen molar-refractivity contribution in [1.29, 1.82) is 0 Å². The maximum Gasteiger partial charge on any atom is 0.300 e. The third-order valence-corrected chi connectivity index (χ3v) is 5.57. The molecule has 0 radical (unpaired) electrons. The van der Waals surface area contributed by atoms with E-state index >= 15 is 0 Å². The maximum atomic E-state index is 11.8. The van der Waals surface area contributed by atoms with Crippen LogP contribution in [-0.2, 0) is 24.8 Å². The highest BCUT2D eigenvalue weighted by Crippen LogP contribution is 2.38. The second kappa shape index (κ2) is 6.45. The predicted molar refractivity (Wildman–Crippen MR) is 100 cm³/mol. The number of aryl methyl sites for hydroxylation is 2. The van der Waals surface area contributed by atoms with Crippen LogP contribution in [0.1, 0.15) is 50.3 Å². The largest absolute Gasteiger partial charge is 0.490 e. The third kappa shape index (κ3) is 3.11. The summed E-state index contributed by atoms with van der Waals surface area (Å²) in [5, 5.41) is 0. The van der Waals surface area contributed by atoms with Crippen molar-refractivity contribution < 1.29 is 9.47 Å². The number of hydrogen-bond donors (Lipinski definition) is 0. The monoisotopic (exact) mass is 354 g/mol. The first-order valence-corrected chi connectivity index (χ1v) is 9.49. The van der Waals surface area contributed by atoms with E-state index in [1.54, 1.807) is 0 Å². The summed E-state index contributed by atoms with van der Waals surface area (Å²) >= 11 is 0. The van der Waals surface area contributed by atoms with Crippen molar-refractivity contribution in [2.45, 2.75) is 64.5 Å². The molecule has 1 atom stereocenters. The van der Waals surface area contributed by atoms with Gasteiger partial charge in [-0.25, -0.2) is 0 Å². The Kier molecular flexibility index (Phi) is 4.25. The highest BCUT2D eigenvalue weighted by molar-refractivity contribution is 5.41. The topological polar surface area (TPSA) is 53.4 Å². The first-order chi connectivity index (χ1) is 12.5. The van der Waals surface area contributed by atoms with E-state index in [1.807, 2.05) is 17.7 Å². The van der Waals surface area contributed by atoms with Crippen molar-refractivity contribution in [1.82, 2.24) is 9.55 Å². The SMILES string of the molecule is CCc1cn2c(nc1=O)O[C@H](COc1ccc3c(c1)CCCC3(C)C)C2. The van der Waals surface area contributed by atoms with Gasteiger partial charge in [-0.1, -0.05) is 26.8 Å². The lowest BCUT2D eigenvalue weighted by Crippen LogP contribution is -2.25. The Bertz CT molecular complexity index is 885. The molecule has 5 heteroatoms. The number of ether oxygens (including phenoxy) is 2. The predicted octanol–water partition coefficient (Wildman–Crippen LogP) is 3.26. The number of rotatable bonds is 4. The minimum absolute atomic E-state index is 0.124. The van der Waals surface area contributed by atoms with Crippen molar-refractivity contribution in [2.75, 3.05) is 6.61 Å². The van der Waals surface area contributed by atoms with Gasteiger partial charge in [-0.3, -0.25) is 9.36 Å². The van der Waals surface area contributed by atoms with Crippen molar-refractivity contribution in [2.24, 2.45) is 0 Å². The van der Waals surface area contributed by atoms with Gasteiger partial charge in [0.25, 0.3) is 11.6 Å². The van der Waals surface area contributed by atoms with E-state index in [-0.39, 0.29) is 17.1 Å². The molecule has 26 heavy (non-hydrogen) atoms. The summed E-state index contributed by atoms with van der Waals surface area (Å²) in [4.78, 5) is 15.9. The highest BCUT2D eigenvalue weighted by atomic mass is 16.6. The maximum absolute atomic E-state index is 11.8. The van der Waals surface area contributed by atoms with Crippen LogP contribution in [0.4, 0.5) is 0 Å². The second-order valence-corrected chi connectivity index (χ2v) is 7.97. The van der Waals surface area contributed by atoms with Gasteiger partial charge < -0.3 is 9.47 Å². The van der Waals surface area contributed by atoms with Crippen molar-refractivity contribution in [3.63, 3.8) is 0 Å². The highest BCUT2D eigenvalue weighted by Gasteiger charge is 2.28. The summed E-state index contributed by atoms with van der Waals surface area (Å²) in [6, 6.07) is 6.84. The number of hydrogen-bond acceptors (Lipinski definition) is 4. The third-order valence-electron chi connectivity index (χ3n) is 5.57. The molecule has 2 aliphatic rings. The normalized spacial score (nSPS) is 20.2. The van der Waals surface area contributed by atoms with Crippen LogP contribution in [0, 0.1) is 0 Å². The van der Waals surface area contributed by atoms with Crippen molar-refractivity contribution in [3.8, 4) is 11.8 Å². The molecule has 1 aliphatic heterocycles. The number of benzene rings is 1. The Morgan fingerprint density at radius 1 is 1.38 bits per heavy atom. The molecule has 5 nitrogen and oxygen atoms in total. The minimum atomic E-state index is -0.197. The Balaban J connectivity index is 1.43. The summed E-state index contributed by atoms with van der Waals surface area (Å²) in [7, 11) is 0. The second-order valence-electron chi connectivity index (χ2n) is 7.97. The molecule has 0 amide bonds.